The average Bonchev–Trinajstić information content (AvgIpc) is 2.84. The number of nitrogens with one attached hydrogen (secondary N) is 1. The molecule has 1 saturated heterocycles. The lowest BCUT2D eigenvalue weighted by molar-refractivity contribution is -0.147. The number of carbonyl (C=O) groups excluding carboxylic acids is 1. The van der Waals surface area contributed by atoms with E-state index in [0.29, 0.717) is 6.42 Å². The average molecular weight is 465 g/mol. The number of aromatic hydroxyl groups is 1. The molecule has 2 aromatic carbocycles. The summed E-state index contributed by atoms with van der Waals surface area (Å²) in [5, 5.41) is 13.6. The molecule has 2 aromatic rings. The zero-order valence-electron chi connectivity index (χ0n) is 20.8. The van der Waals surface area contributed by atoms with Crippen molar-refractivity contribution in [1.29, 1.82) is 0 Å². The van der Waals surface area contributed by atoms with Crippen LogP contribution in [0.4, 0.5) is 0 Å². The predicted octanol–water partition coefficient (Wildman–Crippen LogP) is 4.82. The first-order valence-corrected chi connectivity index (χ1v) is 12.8. The quantitative estimate of drug-likeness (QED) is 0.522. The Labute approximate surface area is 204 Å². The smallest absolute Gasteiger partial charge is 0.220 e. The van der Waals surface area contributed by atoms with Gasteiger partial charge in [-0.3, -0.25) is 4.79 Å². The number of likely N-dealkylation sites (N-methyl/N-ethyl adjacent to an activating group) is 1. The number of nitrogens with zero attached hydrogens (tertiary/aromatic N) is 1. The first kappa shape index (κ1) is 24.7. The number of rotatable bonds is 9. The Morgan fingerprint density at radius 3 is 2.71 bits per heavy atom. The van der Waals surface area contributed by atoms with Crippen molar-refractivity contribution < 1.29 is 14.6 Å². The Hall–Kier alpha value is -2.37. The van der Waals surface area contributed by atoms with E-state index in [2.05, 4.69) is 47.6 Å². The van der Waals surface area contributed by atoms with Crippen LogP contribution >= 0.6 is 0 Å². The molecule has 4 rings (SSSR count). The van der Waals surface area contributed by atoms with Gasteiger partial charge in [0.1, 0.15) is 5.75 Å². The summed E-state index contributed by atoms with van der Waals surface area (Å²) >= 11 is 0. The number of unbranched alkanes of at least 4 members (excludes halogenated alkanes) is 2. The van der Waals surface area contributed by atoms with Gasteiger partial charge in [-0.15, -0.1) is 0 Å². The van der Waals surface area contributed by atoms with Crippen LogP contribution in [0.3, 0.4) is 0 Å². The molecule has 2 fully saturated rings. The minimum atomic E-state index is -0.313. The van der Waals surface area contributed by atoms with Gasteiger partial charge < -0.3 is 20.1 Å². The molecular formula is C29H40N2O3. The van der Waals surface area contributed by atoms with Gasteiger partial charge in [0.2, 0.25) is 5.91 Å². The molecule has 184 valence electrons. The summed E-state index contributed by atoms with van der Waals surface area (Å²) in [5.41, 5.74) is 1.96. The van der Waals surface area contributed by atoms with Crippen LogP contribution in [-0.2, 0) is 21.4 Å². The molecule has 2 N–H and O–H groups in total. The van der Waals surface area contributed by atoms with Crippen molar-refractivity contribution in [2.75, 3.05) is 27.2 Å². The number of phenolic OH excluding ortho intramolecular Hbond substituents is 1. The highest BCUT2D eigenvalue weighted by Crippen LogP contribution is 2.53. The SMILES string of the molecule is CO[C@]12CC[C@H](NC(=O)CCCCCc3ccccc3)C[C@]1(c1cccc(O)c1)CCN(C)C2. The topological polar surface area (TPSA) is 61.8 Å². The summed E-state index contributed by atoms with van der Waals surface area (Å²) in [7, 11) is 3.98. The molecule has 0 radical (unpaired) electrons. The molecule has 3 atom stereocenters. The number of ether oxygens (including phenoxy) is 1. The normalized spacial score (nSPS) is 27.2. The summed E-state index contributed by atoms with van der Waals surface area (Å²) in [5.74, 6) is 0.450. The molecule has 1 saturated carbocycles. The molecule has 1 aliphatic carbocycles. The summed E-state index contributed by atoms with van der Waals surface area (Å²) < 4.78 is 6.30. The van der Waals surface area contributed by atoms with Crippen LogP contribution < -0.4 is 5.32 Å². The third kappa shape index (κ3) is 5.31. The van der Waals surface area contributed by atoms with Crippen molar-refractivity contribution in [3.8, 4) is 5.75 Å². The van der Waals surface area contributed by atoms with E-state index < -0.39 is 0 Å². The molecule has 1 aliphatic heterocycles. The largest absolute Gasteiger partial charge is 0.508 e. The second-order valence-electron chi connectivity index (χ2n) is 10.4. The lowest BCUT2D eigenvalue weighted by Crippen LogP contribution is -2.67. The fourth-order valence-electron chi connectivity index (χ4n) is 6.36. The zero-order chi connectivity index (χ0) is 24.0. The lowest BCUT2D eigenvalue weighted by atomic mass is 9.55. The molecule has 0 aromatic heterocycles. The minimum absolute atomic E-state index is 0.130. The Bertz CT molecular complexity index is 949. The van der Waals surface area contributed by atoms with Crippen LogP contribution in [0, 0.1) is 0 Å². The van der Waals surface area contributed by atoms with E-state index in [0.717, 1.165) is 70.0 Å². The number of amides is 1. The Morgan fingerprint density at radius 2 is 1.94 bits per heavy atom. The van der Waals surface area contributed by atoms with Crippen molar-refractivity contribution in [3.05, 3.63) is 65.7 Å². The van der Waals surface area contributed by atoms with Crippen LogP contribution in [0.25, 0.3) is 0 Å². The van der Waals surface area contributed by atoms with Crippen molar-refractivity contribution >= 4 is 5.91 Å². The Kier molecular flexibility index (Phi) is 7.95. The third-order valence-corrected chi connectivity index (χ3v) is 8.18. The maximum absolute atomic E-state index is 12.8. The van der Waals surface area contributed by atoms with E-state index in [9.17, 15) is 9.90 Å². The van der Waals surface area contributed by atoms with Gasteiger partial charge in [0.25, 0.3) is 0 Å². The molecule has 34 heavy (non-hydrogen) atoms. The van der Waals surface area contributed by atoms with Gasteiger partial charge in [-0.1, -0.05) is 48.9 Å². The number of hydrogen-bond donors (Lipinski definition) is 2. The summed E-state index contributed by atoms with van der Waals surface area (Å²) in [6.07, 6.45) is 8.38. The second-order valence-corrected chi connectivity index (χ2v) is 10.4. The highest BCUT2D eigenvalue weighted by atomic mass is 16.5. The molecule has 0 spiro atoms. The molecule has 0 bridgehead atoms. The highest BCUT2D eigenvalue weighted by molar-refractivity contribution is 5.76. The number of fused-ring (bicyclic) bond motifs is 1. The highest BCUT2D eigenvalue weighted by Gasteiger charge is 2.58. The fraction of sp³-hybridized carbons (Fsp3) is 0.552. The molecule has 2 aliphatic rings. The Balaban J connectivity index is 1.37. The van der Waals surface area contributed by atoms with E-state index in [1.807, 2.05) is 25.3 Å². The first-order valence-electron chi connectivity index (χ1n) is 12.8. The fourth-order valence-corrected chi connectivity index (χ4v) is 6.36. The van der Waals surface area contributed by atoms with E-state index in [4.69, 9.17) is 4.74 Å². The van der Waals surface area contributed by atoms with E-state index >= 15 is 0 Å². The van der Waals surface area contributed by atoms with Gasteiger partial charge in [-0.25, -0.2) is 0 Å². The van der Waals surface area contributed by atoms with Crippen molar-refractivity contribution in [1.82, 2.24) is 10.2 Å². The summed E-state index contributed by atoms with van der Waals surface area (Å²) in [6, 6.07) is 18.4. The first-order chi connectivity index (χ1) is 16.5. The maximum atomic E-state index is 12.8. The number of phenols is 1. The number of piperidine rings is 1. The minimum Gasteiger partial charge on any atom is -0.508 e. The van der Waals surface area contributed by atoms with Crippen molar-refractivity contribution in [3.63, 3.8) is 0 Å². The number of methoxy groups -OCH3 is 1. The van der Waals surface area contributed by atoms with Crippen molar-refractivity contribution in [2.45, 2.75) is 74.8 Å². The van der Waals surface area contributed by atoms with Crippen LogP contribution in [0.1, 0.15) is 62.5 Å². The van der Waals surface area contributed by atoms with E-state index in [1.54, 1.807) is 6.07 Å². The standard InChI is InChI=1S/C29H40N2O3/c1-31-19-18-28(24-13-9-14-26(32)20-24)21-25(16-17-29(28,22-31)34-2)30-27(33)15-8-4-7-12-23-10-5-3-6-11-23/h3,5-6,9-11,13-14,20,25,32H,4,7-8,12,15-19,21-22H2,1-2H3,(H,30,33)/t25-,28-,29-/m0/s1. The molecule has 1 heterocycles. The number of benzene rings is 2. The number of aryl methyl sites for hydroxylation is 1. The molecule has 5 nitrogen and oxygen atoms in total. The van der Waals surface area contributed by atoms with Gasteiger partial charge in [0.05, 0.1) is 5.60 Å². The molecule has 1 amide bonds. The van der Waals surface area contributed by atoms with Gasteiger partial charge in [-0.2, -0.15) is 0 Å². The van der Waals surface area contributed by atoms with Crippen LogP contribution in [0.5, 0.6) is 5.75 Å². The summed E-state index contributed by atoms with van der Waals surface area (Å²) in [6.45, 7) is 1.84. The van der Waals surface area contributed by atoms with E-state index in [-0.39, 0.29) is 28.7 Å². The van der Waals surface area contributed by atoms with Gasteiger partial charge >= 0.3 is 0 Å². The maximum Gasteiger partial charge on any atom is 0.220 e. The number of carbonyl (C=O) groups is 1. The molecule has 0 unspecified atom stereocenters. The van der Waals surface area contributed by atoms with Gasteiger partial charge in [0, 0.05) is 31.5 Å². The molecular weight excluding hydrogens is 424 g/mol. The predicted molar refractivity (Wildman–Crippen MR) is 136 cm³/mol. The molecule has 5 heteroatoms. The number of hydrogen-bond acceptors (Lipinski definition) is 4. The monoisotopic (exact) mass is 464 g/mol. The Morgan fingerprint density at radius 1 is 1.12 bits per heavy atom. The van der Waals surface area contributed by atoms with Gasteiger partial charge in [-0.05, 0) is 81.8 Å². The lowest BCUT2D eigenvalue weighted by Gasteiger charge is -2.59. The van der Waals surface area contributed by atoms with Crippen LogP contribution in [0.2, 0.25) is 0 Å². The van der Waals surface area contributed by atoms with Gasteiger partial charge in [0.15, 0.2) is 0 Å². The van der Waals surface area contributed by atoms with Crippen LogP contribution in [-0.4, -0.2) is 54.8 Å². The van der Waals surface area contributed by atoms with E-state index in [1.165, 1.54) is 5.56 Å². The van der Waals surface area contributed by atoms with Crippen molar-refractivity contribution in [2.24, 2.45) is 0 Å². The third-order valence-electron chi connectivity index (χ3n) is 8.18. The second kappa shape index (κ2) is 10.9. The summed E-state index contributed by atoms with van der Waals surface area (Å²) in [4.78, 5) is 15.2. The van der Waals surface area contributed by atoms with Crippen LogP contribution in [0.15, 0.2) is 54.6 Å². The zero-order valence-corrected chi connectivity index (χ0v) is 20.8. The number of likely N-dealkylation sites (tertiary alicyclic amines) is 1.